The molecule has 0 saturated carbocycles. The first-order chi connectivity index (χ1) is 10.3. The smallest absolute Gasteiger partial charge is 0.408 e. The summed E-state index contributed by atoms with van der Waals surface area (Å²) < 4.78 is 10.2. The lowest BCUT2D eigenvalue weighted by Gasteiger charge is -2.23. The molecule has 0 fully saturated rings. The van der Waals surface area contributed by atoms with Crippen LogP contribution in [0.15, 0.2) is 0 Å². The average molecular weight is 327 g/mol. The fraction of sp³-hybridized carbons (Fsp3) is 0.733. The first kappa shape index (κ1) is 20.8. The van der Waals surface area contributed by atoms with Gasteiger partial charge in [-0.2, -0.15) is 4.79 Å². The summed E-state index contributed by atoms with van der Waals surface area (Å²) in [6.45, 7) is 10.2. The molecule has 0 heterocycles. The maximum absolute atomic E-state index is 11.8. The summed E-state index contributed by atoms with van der Waals surface area (Å²) >= 11 is 0. The lowest BCUT2D eigenvalue weighted by molar-refractivity contribution is -0.155. The summed E-state index contributed by atoms with van der Waals surface area (Å²) in [6, 6.07) is -1.05. The third-order valence-electron chi connectivity index (χ3n) is 2.28. The molecular formula is C15H25N3O5. The van der Waals surface area contributed by atoms with E-state index in [0.29, 0.717) is 6.21 Å². The zero-order chi connectivity index (χ0) is 18.3. The number of carbonyl (C=O) groups is 3. The van der Waals surface area contributed by atoms with Crippen molar-refractivity contribution in [2.24, 2.45) is 0 Å². The second kappa shape index (κ2) is 8.43. The Morgan fingerprint density at radius 2 is 1.61 bits per heavy atom. The van der Waals surface area contributed by atoms with Crippen molar-refractivity contribution in [1.82, 2.24) is 5.32 Å². The van der Waals surface area contributed by atoms with E-state index >= 15 is 0 Å². The Kier molecular flexibility index (Phi) is 7.62. The van der Waals surface area contributed by atoms with Crippen LogP contribution in [0.5, 0.6) is 0 Å². The predicted octanol–water partition coefficient (Wildman–Crippen LogP) is 1.87. The minimum atomic E-state index is -1.05. The van der Waals surface area contributed by atoms with Crippen LogP contribution in [0.1, 0.15) is 54.4 Å². The van der Waals surface area contributed by atoms with Crippen LogP contribution < -0.4 is 5.32 Å². The SMILES string of the molecule is CC(C)(C)OC(=O)CCC(NC(=O)OC(C)(C)C)C(=O)C=[N+]=[N-]. The highest BCUT2D eigenvalue weighted by molar-refractivity contribution is 6.28. The van der Waals surface area contributed by atoms with E-state index < -0.39 is 35.1 Å². The minimum Gasteiger partial charge on any atom is -0.460 e. The van der Waals surface area contributed by atoms with Crippen molar-refractivity contribution in [3.05, 3.63) is 5.53 Å². The van der Waals surface area contributed by atoms with Crippen molar-refractivity contribution in [3.8, 4) is 0 Å². The molecule has 0 rings (SSSR count). The van der Waals surface area contributed by atoms with E-state index in [-0.39, 0.29) is 12.8 Å². The van der Waals surface area contributed by atoms with Gasteiger partial charge in [-0.05, 0) is 48.0 Å². The molecule has 0 aliphatic carbocycles. The Morgan fingerprint density at radius 1 is 1.09 bits per heavy atom. The van der Waals surface area contributed by atoms with Crippen LogP contribution in [0, 0.1) is 0 Å². The number of ether oxygens (including phenoxy) is 2. The van der Waals surface area contributed by atoms with Crippen LogP contribution in [-0.4, -0.2) is 46.1 Å². The first-order valence-corrected chi connectivity index (χ1v) is 7.26. The van der Waals surface area contributed by atoms with Crippen molar-refractivity contribution in [3.63, 3.8) is 0 Å². The Labute approximate surface area is 136 Å². The van der Waals surface area contributed by atoms with Gasteiger partial charge in [-0.15, -0.1) is 0 Å². The molecule has 0 aliphatic rings. The molecule has 0 radical (unpaired) electrons. The van der Waals surface area contributed by atoms with Crippen molar-refractivity contribution < 1.29 is 28.6 Å². The monoisotopic (exact) mass is 327 g/mol. The van der Waals surface area contributed by atoms with Crippen molar-refractivity contribution in [2.45, 2.75) is 71.6 Å². The van der Waals surface area contributed by atoms with Gasteiger partial charge in [0, 0.05) is 6.42 Å². The maximum Gasteiger partial charge on any atom is 0.408 e. The fourth-order valence-electron chi connectivity index (χ4n) is 1.54. The van der Waals surface area contributed by atoms with Crippen LogP contribution in [0.4, 0.5) is 4.79 Å². The number of esters is 1. The van der Waals surface area contributed by atoms with Gasteiger partial charge in [-0.25, -0.2) is 4.79 Å². The largest absolute Gasteiger partial charge is 0.460 e. The second-order valence-corrected chi connectivity index (χ2v) is 6.97. The topological polar surface area (TPSA) is 118 Å². The summed E-state index contributed by atoms with van der Waals surface area (Å²) in [5.41, 5.74) is 7.08. The minimum absolute atomic E-state index is 0.000983. The Morgan fingerprint density at radius 3 is 2.04 bits per heavy atom. The lowest BCUT2D eigenvalue weighted by atomic mass is 10.1. The molecule has 0 aromatic carbocycles. The molecule has 8 nitrogen and oxygen atoms in total. The third kappa shape index (κ3) is 11.1. The molecule has 0 aliphatic heterocycles. The summed E-state index contributed by atoms with van der Waals surface area (Å²) in [5.74, 6) is -1.15. The number of ketones is 1. The number of rotatable bonds is 6. The maximum atomic E-state index is 11.8. The van der Waals surface area contributed by atoms with E-state index in [9.17, 15) is 14.4 Å². The van der Waals surface area contributed by atoms with Gasteiger partial charge in [0.05, 0.1) is 0 Å². The number of hydrogen-bond donors (Lipinski definition) is 1. The van der Waals surface area contributed by atoms with Gasteiger partial charge in [0.1, 0.15) is 17.2 Å². The molecule has 1 unspecified atom stereocenters. The summed E-state index contributed by atoms with van der Waals surface area (Å²) in [6.07, 6.45) is -0.217. The zero-order valence-electron chi connectivity index (χ0n) is 14.5. The van der Waals surface area contributed by atoms with Gasteiger partial charge < -0.3 is 20.3 Å². The zero-order valence-corrected chi connectivity index (χ0v) is 14.5. The molecule has 23 heavy (non-hydrogen) atoms. The summed E-state index contributed by atoms with van der Waals surface area (Å²) in [4.78, 5) is 37.9. The fourth-order valence-corrected chi connectivity index (χ4v) is 1.54. The van der Waals surface area contributed by atoms with Crippen LogP contribution in [0.25, 0.3) is 5.53 Å². The number of hydrogen-bond acceptors (Lipinski definition) is 5. The quantitative estimate of drug-likeness (QED) is 0.346. The standard InChI is InChI=1S/C15H25N3O5/c1-14(2,3)22-12(20)8-7-10(11(19)9-17-16)18-13(21)23-15(4,5)6/h9-10H,7-8H2,1-6H3,(H,18,21). The molecule has 0 bridgehead atoms. The van der Waals surface area contributed by atoms with E-state index in [1.165, 1.54) is 0 Å². The van der Waals surface area contributed by atoms with E-state index in [2.05, 4.69) is 10.1 Å². The van der Waals surface area contributed by atoms with Gasteiger partial charge in [0.15, 0.2) is 0 Å². The van der Waals surface area contributed by atoms with Gasteiger partial charge >= 0.3 is 18.3 Å². The molecule has 0 aromatic rings. The molecule has 1 N–H and O–H groups in total. The number of nitrogens with zero attached hydrogens (tertiary/aromatic N) is 2. The highest BCUT2D eigenvalue weighted by atomic mass is 16.6. The van der Waals surface area contributed by atoms with E-state index in [4.69, 9.17) is 15.0 Å². The van der Waals surface area contributed by atoms with E-state index in [1.54, 1.807) is 41.5 Å². The molecule has 130 valence electrons. The normalized spacial score (nSPS) is 12.6. The number of carbonyl (C=O) groups excluding carboxylic acids is 3. The van der Waals surface area contributed by atoms with Gasteiger partial charge in [0.25, 0.3) is 5.78 Å². The highest BCUT2D eigenvalue weighted by Crippen LogP contribution is 2.11. The Balaban J connectivity index is 4.77. The summed E-state index contributed by atoms with van der Waals surface area (Å²) in [7, 11) is 0. The average Bonchev–Trinajstić information content (AvgIpc) is 2.30. The molecule has 0 aromatic heterocycles. The number of amides is 1. The lowest BCUT2D eigenvalue weighted by Crippen LogP contribution is -2.44. The van der Waals surface area contributed by atoms with Gasteiger partial charge in [-0.1, -0.05) is 0 Å². The van der Waals surface area contributed by atoms with Gasteiger partial charge in [0.2, 0.25) is 0 Å². The van der Waals surface area contributed by atoms with E-state index in [1.807, 2.05) is 0 Å². The van der Waals surface area contributed by atoms with Crippen LogP contribution >= 0.6 is 0 Å². The molecule has 1 amide bonds. The van der Waals surface area contributed by atoms with Crippen LogP contribution in [-0.2, 0) is 19.1 Å². The number of Topliss-reactive ketones (excluding diaryl/α,β-unsaturated/α-hetero) is 1. The third-order valence-corrected chi connectivity index (χ3v) is 2.28. The second-order valence-electron chi connectivity index (χ2n) is 6.97. The predicted molar refractivity (Wildman–Crippen MR) is 82.9 cm³/mol. The molecule has 1 atom stereocenters. The van der Waals surface area contributed by atoms with Crippen molar-refractivity contribution in [2.75, 3.05) is 0 Å². The van der Waals surface area contributed by atoms with Crippen LogP contribution in [0.3, 0.4) is 0 Å². The number of alkyl carbamates (subject to hydrolysis) is 1. The first-order valence-electron chi connectivity index (χ1n) is 7.26. The molecule has 0 spiro atoms. The molecule has 0 saturated heterocycles. The number of nitrogens with one attached hydrogen (secondary N) is 1. The molecular weight excluding hydrogens is 302 g/mol. The Hall–Kier alpha value is -2.21. The molecule has 8 heteroatoms. The van der Waals surface area contributed by atoms with E-state index in [0.717, 1.165) is 0 Å². The Bertz CT molecular complexity index is 496. The van der Waals surface area contributed by atoms with Gasteiger partial charge in [-0.3, -0.25) is 9.59 Å². The highest BCUT2D eigenvalue weighted by Gasteiger charge is 2.27. The van der Waals surface area contributed by atoms with Crippen LogP contribution in [0.2, 0.25) is 0 Å². The van der Waals surface area contributed by atoms with Crippen molar-refractivity contribution >= 4 is 24.1 Å². The summed E-state index contributed by atoms with van der Waals surface area (Å²) in [5, 5.41) is 2.36. The van der Waals surface area contributed by atoms with Crippen molar-refractivity contribution in [1.29, 1.82) is 0 Å².